The summed E-state index contributed by atoms with van der Waals surface area (Å²) in [6, 6.07) is 0. The highest BCUT2D eigenvalue weighted by Crippen LogP contribution is 2.55. The minimum atomic E-state index is -1.16. The van der Waals surface area contributed by atoms with Crippen molar-refractivity contribution >= 4 is 42.3 Å². The highest BCUT2D eigenvalue weighted by Gasteiger charge is 2.55. The third kappa shape index (κ3) is 4.04. The number of rotatable bonds is 3. The van der Waals surface area contributed by atoms with Gasteiger partial charge in [0, 0.05) is 50.4 Å². The van der Waals surface area contributed by atoms with Gasteiger partial charge >= 0.3 is 11.9 Å². The number of aromatic amines is 3. The second-order valence-corrected chi connectivity index (χ2v) is 11.8. The predicted molar refractivity (Wildman–Crippen MR) is 169 cm³/mol. The number of methoxy groups -OCH3 is 1. The Kier molecular flexibility index (Phi) is 6.41. The molecule has 0 spiro atoms. The monoisotopic (exact) mass is 576 g/mol. The van der Waals surface area contributed by atoms with Crippen LogP contribution in [-0.2, 0) is 14.3 Å². The molecule has 3 aliphatic rings. The average Bonchev–Trinajstić information content (AvgIpc) is 3.61. The number of aromatic nitrogens is 3. The molecular formula is C35H36N4O4. The van der Waals surface area contributed by atoms with E-state index in [0.29, 0.717) is 5.70 Å². The van der Waals surface area contributed by atoms with Crippen molar-refractivity contribution in [3.8, 4) is 0 Å². The van der Waals surface area contributed by atoms with E-state index in [-0.39, 0.29) is 5.57 Å². The number of carbonyl (C=O) groups excluding carboxylic acids is 1. The number of fused-ring (bicyclic) bond motifs is 11. The van der Waals surface area contributed by atoms with Crippen molar-refractivity contribution < 1.29 is 19.4 Å². The molecule has 5 N–H and O–H groups in total. The Morgan fingerprint density at radius 3 is 2.00 bits per heavy atom. The molecule has 8 nitrogen and oxygen atoms in total. The average molecular weight is 577 g/mol. The number of carbonyl (C=O) groups is 2. The van der Waals surface area contributed by atoms with Crippen LogP contribution in [0.3, 0.4) is 0 Å². The molecule has 1 aliphatic carbocycles. The van der Waals surface area contributed by atoms with Crippen LogP contribution in [0.1, 0.15) is 63.1 Å². The van der Waals surface area contributed by atoms with E-state index in [4.69, 9.17) is 4.74 Å². The van der Waals surface area contributed by atoms with Gasteiger partial charge in [0.25, 0.3) is 0 Å². The van der Waals surface area contributed by atoms with Crippen molar-refractivity contribution in [1.82, 2.24) is 20.3 Å². The van der Waals surface area contributed by atoms with Crippen LogP contribution >= 0.6 is 0 Å². The van der Waals surface area contributed by atoms with Gasteiger partial charge in [0.05, 0.1) is 18.1 Å². The van der Waals surface area contributed by atoms with Crippen molar-refractivity contribution in [3.63, 3.8) is 0 Å². The summed E-state index contributed by atoms with van der Waals surface area (Å²) in [6.07, 6.45) is 13.4. The first-order chi connectivity index (χ1) is 20.4. The maximum atomic E-state index is 13.4. The third-order valence-electron chi connectivity index (χ3n) is 9.69. The minimum Gasteiger partial charge on any atom is -0.478 e. The summed E-state index contributed by atoms with van der Waals surface area (Å²) in [4.78, 5) is 36.5. The maximum absolute atomic E-state index is 13.4. The van der Waals surface area contributed by atoms with E-state index >= 15 is 0 Å². The van der Waals surface area contributed by atoms with Crippen LogP contribution in [0.5, 0.6) is 0 Å². The predicted octanol–water partition coefficient (Wildman–Crippen LogP) is 4.56. The molecular weight excluding hydrogens is 540 g/mol. The number of ether oxygens (including phenoxy) is 1. The Balaban J connectivity index is 1.73. The van der Waals surface area contributed by atoms with Gasteiger partial charge in [-0.25, -0.2) is 4.79 Å². The summed E-state index contributed by atoms with van der Waals surface area (Å²) in [5, 5.41) is 15.7. The molecule has 0 amide bonds. The number of allylic oxidation sites excluding steroid dienone is 4. The molecule has 2 aliphatic heterocycles. The first kappa shape index (κ1) is 28.2. The third-order valence-corrected chi connectivity index (χ3v) is 9.69. The first-order valence-electron chi connectivity index (χ1n) is 14.3. The summed E-state index contributed by atoms with van der Waals surface area (Å²) in [7, 11) is 1.29. The largest absolute Gasteiger partial charge is 0.478 e. The normalized spacial score (nSPS) is 20.4. The molecule has 43 heavy (non-hydrogen) atoms. The first-order valence-corrected chi connectivity index (χ1v) is 14.3. The van der Waals surface area contributed by atoms with Crippen molar-refractivity contribution in [1.29, 1.82) is 0 Å². The van der Waals surface area contributed by atoms with Crippen molar-refractivity contribution in [2.75, 3.05) is 7.11 Å². The second kappa shape index (κ2) is 9.80. The molecule has 220 valence electrons. The van der Waals surface area contributed by atoms with E-state index in [2.05, 4.69) is 66.7 Å². The van der Waals surface area contributed by atoms with Crippen LogP contribution < -0.4 is 16.0 Å². The van der Waals surface area contributed by atoms with Crippen LogP contribution in [0.2, 0.25) is 0 Å². The highest BCUT2D eigenvalue weighted by molar-refractivity contribution is 5.97. The number of nitrogens with one attached hydrogen (secondary N) is 4. The van der Waals surface area contributed by atoms with Crippen LogP contribution in [0.25, 0.3) is 30.4 Å². The van der Waals surface area contributed by atoms with E-state index in [1.54, 1.807) is 6.08 Å². The summed E-state index contributed by atoms with van der Waals surface area (Å²) in [5.41, 5.74) is 11.3. The van der Waals surface area contributed by atoms with Gasteiger partial charge in [-0.3, -0.25) is 4.79 Å². The lowest BCUT2D eigenvalue weighted by Gasteiger charge is -2.36. The van der Waals surface area contributed by atoms with E-state index < -0.39 is 23.3 Å². The fourth-order valence-electron chi connectivity index (χ4n) is 6.70. The van der Waals surface area contributed by atoms with Crippen LogP contribution in [0.4, 0.5) is 0 Å². The Labute approximate surface area is 250 Å². The van der Waals surface area contributed by atoms with Gasteiger partial charge in [-0.05, 0) is 99.2 Å². The SMILES string of the molecule is C=Cc1c2[nH]c(c1C)C=c1[nH]c(c(C)c1C)=Cc1[nH]c(c(C)c1C)C=C1NC(=C2)C2(C)C1=CC=C(C(=O)O)C2C(=O)OC. The molecule has 2 unspecified atom stereocenters. The molecule has 2 atom stereocenters. The molecule has 5 heterocycles. The Morgan fingerprint density at radius 1 is 0.837 bits per heavy atom. The van der Waals surface area contributed by atoms with Crippen molar-refractivity contribution in [2.24, 2.45) is 11.3 Å². The summed E-state index contributed by atoms with van der Waals surface area (Å²) >= 11 is 0. The van der Waals surface area contributed by atoms with E-state index in [0.717, 1.165) is 72.6 Å². The van der Waals surface area contributed by atoms with Gasteiger partial charge in [0.15, 0.2) is 0 Å². The van der Waals surface area contributed by atoms with Crippen LogP contribution in [0, 0.1) is 46.0 Å². The van der Waals surface area contributed by atoms with Crippen LogP contribution in [-0.4, -0.2) is 39.1 Å². The van der Waals surface area contributed by atoms with Gasteiger partial charge in [-0.15, -0.1) is 0 Å². The molecule has 1 fully saturated rings. The fourth-order valence-corrected chi connectivity index (χ4v) is 6.70. The molecule has 0 aromatic carbocycles. The second-order valence-electron chi connectivity index (χ2n) is 11.8. The van der Waals surface area contributed by atoms with Crippen molar-refractivity contribution in [3.05, 3.63) is 108 Å². The zero-order valence-electron chi connectivity index (χ0n) is 25.5. The number of carboxylic acids is 1. The van der Waals surface area contributed by atoms with E-state index in [9.17, 15) is 14.7 Å². The van der Waals surface area contributed by atoms with Gasteiger partial charge in [0.1, 0.15) is 5.92 Å². The zero-order valence-corrected chi connectivity index (χ0v) is 25.5. The molecule has 0 radical (unpaired) electrons. The fraction of sp³-hybridized carbons (Fsp3) is 0.257. The molecule has 8 bridgehead atoms. The number of aliphatic carboxylic acids is 1. The van der Waals surface area contributed by atoms with E-state index in [1.807, 2.05) is 32.1 Å². The topological polar surface area (TPSA) is 123 Å². The van der Waals surface area contributed by atoms with Gasteiger partial charge in [-0.1, -0.05) is 24.8 Å². The highest BCUT2D eigenvalue weighted by atomic mass is 16.5. The van der Waals surface area contributed by atoms with Crippen LogP contribution in [0.15, 0.2) is 41.3 Å². The lowest BCUT2D eigenvalue weighted by atomic mass is 9.64. The molecule has 3 aromatic heterocycles. The number of H-pyrrole nitrogens is 3. The van der Waals surface area contributed by atoms with Gasteiger partial charge in [0.2, 0.25) is 0 Å². The molecule has 0 saturated carbocycles. The minimum absolute atomic E-state index is 0.0180. The standard InChI is InChI=1S/C35H36N4O4/c1-9-21-20(6)28-13-26-17(3)16(2)24(36-26)12-25-18(4)19(5)27(37-25)14-30-23-11-10-22(33(40)41)32(34(42)43-8)35(23,7)31(39-30)15-29(21)38-28/h9-15,32,36-39H,1H2,2-8H3,(H,40,41). The Hall–Kier alpha value is -4.98. The number of hydrogen-bond acceptors (Lipinski definition) is 4. The molecule has 8 heteroatoms. The number of hydrogen-bond donors (Lipinski definition) is 5. The zero-order chi connectivity index (χ0) is 31.0. The van der Waals surface area contributed by atoms with Gasteiger partial charge < -0.3 is 30.1 Å². The summed E-state index contributed by atoms with van der Waals surface area (Å²) in [5.74, 6) is -2.85. The smallest absolute Gasteiger partial charge is 0.332 e. The molecule has 1 saturated heterocycles. The lowest BCUT2D eigenvalue weighted by Crippen LogP contribution is -2.40. The maximum Gasteiger partial charge on any atom is 0.332 e. The molecule has 3 aromatic rings. The van der Waals surface area contributed by atoms with Gasteiger partial charge in [-0.2, -0.15) is 0 Å². The Morgan fingerprint density at radius 2 is 1.42 bits per heavy atom. The van der Waals surface area contributed by atoms with Crippen molar-refractivity contribution in [2.45, 2.75) is 41.5 Å². The number of esters is 1. The molecule has 6 rings (SSSR count). The summed E-state index contributed by atoms with van der Waals surface area (Å²) in [6.45, 7) is 16.4. The quantitative estimate of drug-likeness (QED) is 0.293. The summed E-state index contributed by atoms with van der Waals surface area (Å²) < 4.78 is 5.20. The van der Waals surface area contributed by atoms with E-state index in [1.165, 1.54) is 18.7 Å². The Bertz CT molecular complexity index is 2020. The number of carboxylic acid groups (broad SMARTS) is 1. The lowest BCUT2D eigenvalue weighted by molar-refractivity contribution is -0.149.